The van der Waals surface area contributed by atoms with Gasteiger partial charge in [-0.15, -0.1) is 11.3 Å². The molecule has 1 saturated heterocycles. The van der Waals surface area contributed by atoms with Crippen LogP contribution in [-0.2, 0) is 6.54 Å². The number of hydrogen-bond donors (Lipinski definition) is 1. The summed E-state index contributed by atoms with van der Waals surface area (Å²) in [7, 11) is 2.23. The summed E-state index contributed by atoms with van der Waals surface area (Å²) in [5, 5.41) is 5.81. The van der Waals surface area contributed by atoms with E-state index in [1.807, 2.05) is 11.3 Å². The molecule has 0 aliphatic carbocycles. The van der Waals surface area contributed by atoms with Gasteiger partial charge in [0.05, 0.1) is 0 Å². The zero-order chi connectivity index (χ0) is 11.4. The lowest BCUT2D eigenvalue weighted by atomic mass is 9.92. The molecule has 0 spiro atoms. The fourth-order valence-electron chi connectivity index (χ4n) is 2.46. The van der Waals surface area contributed by atoms with Gasteiger partial charge < -0.3 is 10.2 Å². The first-order valence-electron chi connectivity index (χ1n) is 6.20. The Morgan fingerprint density at radius 3 is 3.19 bits per heavy atom. The van der Waals surface area contributed by atoms with Crippen LogP contribution < -0.4 is 5.32 Å². The maximum Gasteiger partial charge on any atom is 0.0302 e. The molecule has 1 aliphatic heterocycles. The third kappa shape index (κ3) is 3.30. The molecule has 0 saturated carbocycles. The van der Waals surface area contributed by atoms with E-state index < -0.39 is 0 Å². The smallest absolute Gasteiger partial charge is 0.0302 e. The Kier molecular flexibility index (Phi) is 4.38. The average Bonchev–Trinajstić information content (AvgIpc) is 2.78. The number of piperidine rings is 1. The molecule has 2 atom stereocenters. The Hall–Kier alpha value is -0.380. The van der Waals surface area contributed by atoms with E-state index in [-0.39, 0.29) is 0 Å². The van der Waals surface area contributed by atoms with Gasteiger partial charge in [-0.25, -0.2) is 0 Å². The minimum absolute atomic E-state index is 0.629. The van der Waals surface area contributed by atoms with Crippen molar-refractivity contribution >= 4 is 11.3 Å². The van der Waals surface area contributed by atoms with Crippen LogP contribution in [0.4, 0.5) is 0 Å². The lowest BCUT2D eigenvalue weighted by Crippen LogP contribution is -2.42. The SMILES string of the molecule is CC(NCc1cccs1)C1CCCN(C)C1. The van der Waals surface area contributed by atoms with E-state index in [2.05, 4.69) is 41.7 Å². The Morgan fingerprint density at radius 2 is 2.50 bits per heavy atom. The van der Waals surface area contributed by atoms with Gasteiger partial charge in [0.1, 0.15) is 0 Å². The highest BCUT2D eigenvalue weighted by Gasteiger charge is 2.22. The van der Waals surface area contributed by atoms with Crippen molar-refractivity contribution in [1.29, 1.82) is 0 Å². The summed E-state index contributed by atoms with van der Waals surface area (Å²) >= 11 is 1.84. The van der Waals surface area contributed by atoms with Gasteiger partial charge in [0, 0.05) is 24.0 Å². The minimum atomic E-state index is 0.629. The lowest BCUT2D eigenvalue weighted by molar-refractivity contribution is 0.178. The summed E-state index contributed by atoms with van der Waals surface area (Å²) < 4.78 is 0. The summed E-state index contributed by atoms with van der Waals surface area (Å²) in [5.41, 5.74) is 0. The summed E-state index contributed by atoms with van der Waals surface area (Å²) in [6.45, 7) is 5.88. The highest BCUT2D eigenvalue weighted by atomic mass is 32.1. The van der Waals surface area contributed by atoms with Crippen LogP contribution in [0.2, 0.25) is 0 Å². The summed E-state index contributed by atoms with van der Waals surface area (Å²) in [6, 6.07) is 4.96. The number of likely N-dealkylation sites (tertiary alicyclic amines) is 1. The molecular formula is C13H22N2S. The number of thiophene rings is 1. The van der Waals surface area contributed by atoms with Crippen molar-refractivity contribution < 1.29 is 0 Å². The van der Waals surface area contributed by atoms with Gasteiger partial charge in [-0.2, -0.15) is 0 Å². The second kappa shape index (κ2) is 5.80. The fraction of sp³-hybridized carbons (Fsp3) is 0.692. The third-order valence-corrected chi connectivity index (χ3v) is 4.42. The van der Waals surface area contributed by atoms with Crippen LogP contribution in [0.25, 0.3) is 0 Å². The highest BCUT2D eigenvalue weighted by Crippen LogP contribution is 2.19. The number of nitrogens with zero attached hydrogens (tertiary/aromatic N) is 1. The standard InChI is InChI=1S/C13H22N2S/c1-11(12-5-3-7-15(2)10-12)14-9-13-6-4-8-16-13/h4,6,8,11-12,14H,3,5,7,9-10H2,1-2H3. The number of rotatable bonds is 4. The van der Waals surface area contributed by atoms with E-state index in [0.717, 1.165) is 12.5 Å². The Labute approximate surface area is 103 Å². The first-order valence-corrected chi connectivity index (χ1v) is 7.08. The maximum absolute atomic E-state index is 3.66. The monoisotopic (exact) mass is 238 g/mol. The number of hydrogen-bond acceptors (Lipinski definition) is 3. The van der Waals surface area contributed by atoms with Crippen molar-refractivity contribution in [2.24, 2.45) is 5.92 Å². The van der Waals surface area contributed by atoms with Crippen molar-refractivity contribution in [2.45, 2.75) is 32.4 Å². The molecule has 3 heteroatoms. The van der Waals surface area contributed by atoms with Crippen molar-refractivity contribution in [3.63, 3.8) is 0 Å². The molecule has 90 valence electrons. The van der Waals surface area contributed by atoms with Crippen LogP contribution in [0.5, 0.6) is 0 Å². The van der Waals surface area contributed by atoms with E-state index in [9.17, 15) is 0 Å². The molecule has 2 unspecified atom stereocenters. The zero-order valence-electron chi connectivity index (χ0n) is 10.3. The van der Waals surface area contributed by atoms with Crippen LogP contribution in [0.1, 0.15) is 24.6 Å². The molecule has 2 heterocycles. The third-order valence-electron chi connectivity index (χ3n) is 3.55. The van der Waals surface area contributed by atoms with Crippen molar-refractivity contribution in [1.82, 2.24) is 10.2 Å². The van der Waals surface area contributed by atoms with Crippen molar-refractivity contribution in [3.8, 4) is 0 Å². The van der Waals surface area contributed by atoms with Crippen LogP contribution >= 0.6 is 11.3 Å². The van der Waals surface area contributed by atoms with Gasteiger partial charge in [0.15, 0.2) is 0 Å². The molecule has 1 fully saturated rings. The molecule has 16 heavy (non-hydrogen) atoms. The molecule has 1 N–H and O–H groups in total. The molecule has 0 aromatic carbocycles. The second-order valence-corrected chi connectivity index (χ2v) is 5.95. The van der Waals surface area contributed by atoms with Crippen LogP contribution in [0, 0.1) is 5.92 Å². The van der Waals surface area contributed by atoms with Gasteiger partial charge in [-0.05, 0) is 50.7 Å². The van der Waals surface area contributed by atoms with Crippen LogP contribution in [0.15, 0.2) is 17.5 Å². The average molecular weight is 238 g/mol. The molecule has 0 amide bonds. The first kappa shape index (κ1) is 12.1. The van der Waals surface area contributed by atoms with Crippen molar-refractivity contribution in [3.05, 3.63) is 22.4 Å². The highest BCUT2D eigenvalue weighted by molar-refractivity contribution is 7.09. The normalized spacial score (nSPS) is 24.5. The predicted molar refractivity (Wildman–Crippen MR) is 70.8 cm³/mol. The Bertz CT molecular complexity index is 297. The quantitative estimate of drug-likeness (QED) is 0.867. The van der Waals surface area contributed by atoms with Gasteiger partial charge in [-0.1, -0.05) is 6.07 Å². The molecule has 2 nitrogen and oxygen atoms in total. The van der Waals surface area contributed by atoms with E-state index in [4.69, 9.17) is 0 Å². The first-order chi connectivity index (χ1) is 7.75. The topological polar surface area (TPSA) is 15.3 Å². The lowest BCUT2D eigenvalue weighted by Gasteiger charge is -2.33. The molecule has 0 bridgehead atoms. The van der Waals surface area contributed by atoms with E-state index in [1.165, 1.54) is 30.8 Å². The minimum Gasteiger partial charge on any atom is -0.309 e. The molecule has 0 radical (unpaired) electrons. The van der Waals surface area contributed by atoms with Gasteiger partial charge in [0.2, 0.25) is 0 Å². The largest absolute Gasteiger partial charge is 0.309 e. The molecule has 1 aromatic rings. The van der Waals surface area contributed by atoms with Crippen LogP contribution in [-0.4, -0.2) is 31.1 Å². The second-order valence-electron chi connectivity index (χ2n) is 4.91. The van der Waals surface area contributed by atoms with Gasteiger partial charge in [0.25, 0.3) is 0 Å². The maximum atomic E-state index is 3.66. The summed E-state index contributed by atoms with van der Waals surface area (Å²) in [4.78, 5) is 3.90. The predicted octanol–water partition coefficient (Wildman–Crippen LogP) is 2.57. The molecular weight excluding hydrogens is 216 g/mol. The Balaban J connectivity index is 1.76. The van der Waals surface area contributed by atoms with E-state index in [1.54, 1.807) is 0 Å². The number of nitrogens with one attached hydrogen (secondary N) is 1. The Morgan fingerprint density at radius 1 is 1.62 bits per heavy atom. The molecule has 1 aromatic heterocycles. The van der Waals surface area contributed by atoms with E-state index >= 15 is 0 Å². The fourth-order valence-corrected chi connectivity index (χ4v) is 3.11. The van der Waals surface area contributed by atoms with Crippen molar-refractivity contribution in [2.75, 3.05) is 20.1 Å². The zero-order valence-corrected chi connectivity index (χ0v) is 11.1. The van der Waals surface area contributed by atoms with Crippen LogP contribution in [0.3, 0.4) is 0 Å². The molecule has 2 rings (SSSR count). The van der Waals surface area contributed by atoms with Gasteiger partial charge in [-0.3, -0.25) is 0 Å². The summed E-state index contributed by atoms with van der Waals surface area (Å²) in [5.74, 6) is 0.818. The molecule has 1 aliphatic rings. The van der Waals surface area contributed by atoms with E-state index in [0.29, 0.717) is 6.04 Å². The van der Waals surface area contributed by atoms with Gasteiger partial charge >= 0.3 is 0 Å². The summed E-state index contributed by atoms with van der Waals surface area (Å²) in [6.07, 6.45) is 2.73.